The number of hydrogen-bond donors (Lipinski definition) is 0. The minimum atomic E-state index is -3.36. The molecule has 0 unspecified atom stereocenters. The zero-order chi connectivity index (χ0) is 28.1. The molecule has 8 aromatic carbocycles. The summed E-state index contributed by atoms with van der Waals surface area (Å²) in [6.07, 6.45) is 0. The molecule has 0 aliphatic heterocycles. The Bertz CT molecular complexity index is 2260. The van der Waals surface area contributed by atoms with E-state index in [1.54, 1.807) is 0 Å². The molecular formula is C40H27OP. The normalized spacial score (nSPS) is 11.9. The molecule has 0 aliphatic rings. The van der Waals surface area contributed by atoms with E-state index in [1.165, 1.54) is 21.7 Å². The van der Waals surface area contributed by atoms with Gasteiger partial charge in [0.05, 0.1) is 0 Å². The third-order valence-electron chi connectivity index (χ3n) is 8.49. The van der Waals surface area contributed by atoms with Crippen molar-refractivity contribution in [2.45, 2.75) is 0 Å². The van der Waals surface area contributed by atoms with Crippen LogP contribution in [0, 0.1) is 0 Å². The fraction of sp³-hybridized carbons (Fsp3) is 0. The van der Waals surface area contributed by atoms with Gasteiger partial charge in [0, 0.05) is 21.3 Å². The topological polar surface area (TPSA) is 17.1 Å². The van der Waals surface area contributed by atoms with Crippen molar-refractivity contribution in [3.8, 4) is 11.1 Å². The second-order valence-corrected chi connectivity index (χ2v) is 13.5. The van der Waals surface area contributed by atoms with E-state index in [-0.39, 0.29) is 0 Å². The van der Waals surface area contributed by atoms with Crippen LogP contribution in [0.2, 0.25) is 0 Å². The number of benzene rings is 8. The van der Waals surface area contributed by atoms with Crippen molar-refractivity contribution in [2.75, 3.05) is 0 Å². The summed E-state index contributed by atoms with van der Waals surface area (Å²) in [7, 11) is -3.36. The Morgan fingerprint density at radius 2 is 0.714 bits per heavy atom. The Kier molecular flexibility index (Phi) is 5.81. The molecule has 0 N–H and O–H groups in total. The molecule has 0 radical (unpaired) electrons. The summed E-state index contributed by atoms with van der Waals surface area (Å²) >= 11 is 0. The highest BCUT2D eigenvalue weighted by Gasteiger charge is 2.35. The highest BCUT2D eigenvalue weighted by atomic mass is 31.2. The highest BCUT2D eigenvalue weighted by molar-refractivity contribution is 7.86. The summed E-state index contributed by atoms with van der Waals surface area (Å²) in [5.74, 6) is 0. The third-order valence-corrected chi connectivity index (χ3v) is 11.6. The molecule has 2 heteroatoms. The van der Waals surface area contributed by atoms with Crippen molar-refractivity contribution in [1.82, 2.24) is 0 Å². The molecule has 0 bridgehead atoms. The smallest absolute Gasteiger partial charge is 0.172 e. The van der Waals surface area contributed by atoms with E-state index in [4.69, 9.17) is 0 Å². The summed E-state index contributed by atoms with van der Waals surface area (Å²) in [5.41, 5.74) is 2.33. The molecule has 0 saturated carbocycles. The van der Waals surface area contributed by atoms with Gasteiger partial charge in [-0.05, 0) is 48.8 Å². The predicted octanol–water partition coefficient (Wildman–Crippen LogP) is 9.61. The Morgan fingerprint density at radius 3 is 1.24 bits per heavy atom. The second-order valence-electron chi connectivity index (χ2n) is 10.8. The first-order valence-corrected chi connectivity index (χ1v) is 16.0. The van der Waals surface area contributed by atoms with Crippen LogP contribution in [0.25, 0.3) is 54.2 Å². The van der Waals surface area contributed by atoms with Crippen molar-refractivity contribution in [3.63, 3.8) is 0 Å². The summed E-state index contributed by atoms with van der Waals surface area (Å²) in [4.78, 5) is 0. The van der Waals surface area contributed by atoms with Gasteiger partial charge in [0.25, 0.3) is 0 Å². The van der Waals surface area contributed by atoms with Crippen LogP contribution in [0.3, 0.4) is 0 Å². The SMILES string of the molecule is O=P(c1ccccc1)(c1ccccc1)c1c2ccccc2c(-c2ccccc2)c2c3ccccc3c3ccccc3c12. The van der Waals surface area contributed by atoms with Crippen LogP contribution in [-0.4, -0.2) is 0 Å². The molecule has 8 rings (SSSR count). The molecule has 8 aromatic rings. The first kappa shape index (κ1) is 24.8. The van der Waals surface area contributed by atoms with Gasteiger partial charge in [-0.15, -0.1) is 0 Å². The van der Waals surface area contributed by atoms with E-state index >= 15 is 4.57 Å². The summed E-state index contributed by atoms with van der Waals surface area (Å²) < 4.78 is 16.3. The van der Waals surface area contributed by atoms with E-state index in [2.05, 4.69) is 103 Å². The van der Waals surface area contributed by atoms with Gasteiger partial charge >= 0.3 is 0 Å². The van der Waals surface area contributed by atoms with Crippen LogP contribution >= 0.6 is 7.14 Å². The maximum Gasteiger partial charge on any atom is 0.172 e. The van der Waals surface area contributed by atoms with Crippen LogP contribution in [0.4, 0.5) is 0 Å². The molecule has 0 heterocycles. The van der Waals surface area contributed by atoms with E-state index in [1.807, 2.05) is 60.7 Å². The van der Waals surface area contributed by atoms with E-state index in [0.717, 1.165) is 48.4 Å². The molecule has 0 fully saturated rings. The fourth-order valence-corrected chi connectivity index (χ4v) is 9.82. The lowest BCUT2D eigenvalue weighted by Gasteiger charge is -2.27. The number of hydrogen-bond acceptors (Lipinski definition) is 1. The number of rotatable bonds is 4. The largest absolute Gasteiger partial charge is 0.309 e. The second kappa shape index (κ2) is 9.84. The standard InChI is InChI=1S/C40H27OP/c41-42(29-18-6-2-7-19-29,30-20-8-3-9-21-30)40-36-27-15-14-26-35(36)37(28-16-4-1-5-17-28)38-33-24-12-10-22-31(33)32-23-11-13-25-34(32)39(38)40/h1-27H. The van der Waals surface area contributed by atoms with Crippen molar-refractivity contribution in [2.24, 2.45) is 0 Å². The van der Waals surface area contributed by atoms with Gasteiger partial charge in [0.15, 0.2) is 7.14 Å². The van der Waals surface area contributed by atoms with E-state index in [9.17, 15) is 0 Å². The van der Waals surface area contributed by atoms with Gasteiger partial charge in [0.1, 0.15) is 0 Å². The van der Waals surface area contributed by atoms with Gasteiger partial charge in [-0.3, -0.25) is 0 Å². The van der Waals surface area contributed by atoms with Crippen LogP contribution in [0.1, 0.15) is 0 Å². The van der Waals surface area contributed by atoms with Gasteiger partial charge in [-0.2, -0.15) is 0 Å². The van der Waals surface area contributed by atoms with Gasteiger partial charge in [0.2, 0.25) is 0 Å². The monoisotopic (exact) mass is 554 g/mol. The number of fused-ring (bicyclic) bond motifs is 7. The molecule has 0 aromatic heterocycles. The maximum absolute atomic E-state index is 16.3. The lowest BCUT2D eigenvalue weighted by atomic mass is 9.86. The Labute approximate surface area is 245 Å². The maximum atomic E-state index is 16.3. The Hall–Kier alpha value is -4.97. The minimum absolute atomic E-state index is 0.840. The molecular weight excluding hydrogens is 527 g/mol. The zero-order valence-corrected chi connectivity index (χ0v) is 23.8. The molecule has 42 heavy (non-hydrogen) atoms. The Morgan fingerprint density at radius 1 is 0.333 bits per heavy atom. The summed E-state index contributed by atoms with van der Waals surface area (Å²) in [5, 5.41) is 11.6. The average Bonchev–Trinajstić information content (AvgIpc) is 3.08. The molecule has 0 amide bonds. The average molecular weight is 555 g/mol. The minimum Gasteiger partial charge on any atom is -0.309 e. The Balaban J connectivity index is 1.74. The van der Waals surface area contributed by atoms with Crippen molar-refractivity contribution < 1.29 is 4.57 Å². The third kappa shape index (κ3) is 3.61. The van der Waals surface area contributed by atoms with Crippen LogP contribution in [0.15, 0.2) is 164 Å². The summed E-state index contributed by atoms with van der Waals surface area (Å²) in [6, 6.07) is 56.6. The molecule has 0 spiro atoms. The summed E-state index contributed by atoms with van der Waals surface area (Å²) in [6.45, 7) is 0. The first-order valence-electron chi connectivity index (χ1n) is 14.3. The first-order chi connectivity index (χ1) is 20.8. The van der Waals surface area contributed by atoms with Crippen molar-refractivity contribution in [1.29, 1.82) is 0 Å². The predicted molar refractivity (Wildman–Crippen MR) is 181 cm³/mol. The molecule has 0 atom stereocenters. The van der Waals surface area contributed by atoms with Crippen molar-refractivity contribution >= 4 is 66.1 Å². The molecule has 0 aliphatic carbocycles. The van der Waals surface area contributed by atoms with Gasteiger partial charge in [-0.25, -0.2) is 0 Å². The lowest BCUT2D eigenvalue weighted by Crippen LogP contribution is -2.26. The van der Waals surface area contributed by atoms with E-state index < -0.39 is 7.14 Å². The van der Waals surface area contributed by atoms with Crippen LogP contribution in [-0.2, 0) is 4.57 Å². The zero-order valence-electron chi connectivity index (χ0n) is 22.9. The van der Waals surface area contributed by atoms with E-state index in [0.29, 0.717) is 0 Å². The molecule has 0 saturated heterocycles. The fourth-order valence-electron chi connectivity index (χ4n) is 6.74. The van der Waals surface area contributed by atoms with Crippen molar-refractivity contribution in [3.05, 3.63) is 164 Å². The van der Waals surface area contributed by atoms with Crippen LogP contribution in [0.5, 0.6) is 0 Å². The van der Waals surface area contributed by atoms with Gasteiger partial charge in [-0.1, -0.05) is 164 Å². The molecule has 198 valence electrons. The molecule has 1 nitrogen and oxygen atoms in total. The van der Waals surface area contributed by atoms with Gasteiger partial charge < -0.3 is 4.57 Å². The quantitative estimate of drug-likeness (QED) is 0.120. The lowest BCUT2D eigenvalue weighted by molar-refractivity contribution is 0.593. The highest BCUT2D eigenvalue weighted by Crippen LogP contribution is 2.52. The van der Waals surface area contributed by atoms with Crippen LogP contribution < -0.4 is 15.9 Å².